The van der Waals surface area contributed by atoms with Crippen molar-refractivity contribution in [3.8, 4) is 11.5 Å². The second kappa shape index (κ2) is 10.3. The van der Waals surface area contributed by atoms with E-state index in [1.165, 1.54) is 4.90 Å². The molecule has 0 heterocycles. The van der Waals surface area contributed by atoms with Crippen molar-refractivity contribution in [1.29, 1.82) is 0 Å². The predicted octanol–water partition coefficient (Wildman–Crippen LogP) is 3.02. The van der Waals surface area contributed by atoms with Gasteiger partial charge in [-0.3, -0.25) is 9.59 Å². The Kier molecular flexibility index (Phi) is 7.87. The van der Waals surface area contributed by atoms with Gasteiger partial charge in [0, 0.05) is 12.6 Å². The number of carbonyl (C=O) groups excluding carboxylic acids is 2. The van der Waals surface area contributed by atoms with Crippen LogP contribution in [0.1, 0.15) is 26.3 Å². The molecule has 0 saturated carbocycles. The Bertz CT molecular complexity index is 760. The maximum atomic E-state index is 12.9. The molecule has 2 aromatic carbocycles. The van der Waals surface area contributed by atoms with Gasteiger partial charge in [-0.15, -0.1) is 0 Å². The highest BCUT2D eigenvalue weighted by Crippen LogP contribution is 2.17. The first-order valence-corrected chi connectivity index (χ1v) is 9.31. The number of ether oxygens (including phenoxy) is 2. The van der Waals surface area contributed by atoms with Crippen molar-refractivity contribution in [1.82, 2.24) is 10.2 Å². The fourth-order valence-corrected chi connectivity index (χ4v) is 2.67. The van der Waals surface area contributed by atoms with Crippen molar-refractivity contribution in [2.75, 3.05) is 13.7 Å². The summed E-state index contributed by atoms with van der Waals surface area (Å²) in [5.74, 6) is 0.825. The van der Waals surface area contributed by atoms with E-state index in [9.17, 15) is 9.59 Å². The molecule has 0 unspecified atom stereocenters. The molecular weight excluding hydrogens is 356 g/mol. The van der Waals surface area contributed by atoms with Crippen LogP contribution in [0.25, 0.3) is 0 Å². The van der Waals surface area contributed by atoms with E-state index in [2.05, 4.69) is 5.32 Å². The number of hydrogen-bond donors (Lipinski definition) is 1. The van der Waals surface area contributed by atoms with E-state index in [1.807, 2.05) is 44.2 Å². The lowest BCUT2D eigenvalue weighted by Crippen LogP contribution is -2.50. The minimum absolute atomic E-state index is 0.000763. The number of methoxy groups -OCH3 is 1. The molecule has 1 N–H and O–H groups in total. The summed E-state index contributed by atoms with van der Waals surface area (Å²) in [4.78, 5) is 26.9. The lowest BCUT2D eigenvalue weighted by molar-refractivity contribution is -0.142. The lowest BCUT2D eigenvalue weighted by atomic mass is 10.1. The Morgan fingerprint density at radius 1 is 0.964 bits per heavy atom. The van der Waals surface area contributed by atoms with Gasteiger partial charge < -0.3 is 19.7 Å². The van der Waals surface area contributed by atoms with Crippen LogP contribution in [0.15, 0.2) is 54.6 Å². The normalized spacial score (nSPS) is 11.6. The Labute approximate surface area is 166 Å². The molecule has 0 saturated heterocycles. The Balaban J connectivity index is 2.09. The minimum atomic E-state index is -0.616. The van der Waals surface area contributed by atoms with Gasteiger partial charge in [0.05, 0.1) is 7.11 Å². The molecule has 0 radical (unpaired) electrons. The van der Waals surface area contributed by atoms with Crippen molar-refractivity contribution in [2.45, 2.75) is 39.4 Å². The number of hydrogen-bond acceptors (Lipinski definition) is 4. The molecule has 0 aliphatic heterocycles. The summed E-state index contributed by atoms with van der Waals surface area (Å²) in [6.07, 6.45) is 0. The maximum Gasteiger partial charge on any atom is 0.261 e. The van der Waals surface area contributed by atoms with Crippen LogP contribution in [0, 0.1) is 0 Å². The zero-order valence-corrected chi connectivity index (χ0v) is 16.8. The highest BCUT2D eigenvalue weighted by atomic mass is 16.5. The summed E-state index contributed by atoms with van der Waals surface area (Å²) < 4.78 is 10.7. The molecule has 1 atom stereocenters. The van der Waals surface area contributed by atoms with Gasteiger partial charge in [-0.25, -0.2) is 0 Å². The van der Waals surface area contributed by atoms with E-state index in [1.54, 1.807) is 38.3 Å². The molecule has 6 heteroatoms. The van der Waals surface area contributed by atoms with Crippen LogP contribution in [0.3, 0.4) is 0 Å². The summed E-state index contributed by atoms with van der Waals surface area (Å²) in [5.41, 5.74) is 0.949. The van der Waals surface area contributed by atoms with E-state index in [0.29, 0.717) is 18.0 Å². The lowest BCUT2D eigenvalue weighted by Gasteiger charge is -2.29. The molecule has 0 aliphatic carbocycles. The molecule has 6 nitrogen and oxygen atoms in total. The molecule has 0 aliphatic rings. The second-order valence-electron chi connectivity index (χ2n) is 6.81. The van der Waals surface area contributed by atoms with Crippen LogP contribution in [0.2, 0.25) is 0 Å². The molecule has 0 spiro atoms. The van der Waals surface area contributed by atoms with Crippen LogP contribution in [0.4, 0.5) is 0 Å². The first-order chi connectivity index (χ1) is 13.4. The third-order valence-electron chi connectivity index (χ3n) is 4.22. The highest BCUT2D eigenvalue weighted by molar-refractivity contribution is 5.88. The number of carbonyl (C=O) groups is 2. The maximum absolute atomic E-state index is 12.9. The minimum Gasteiger partial charge on any atom is -0.497 e. The third kappa shape index (κ3) is 6.30. The van der Waals surface area contributed by atoms with Crippen LogP contribution >= 0.6 is 0 Å². The number of benzene rings is 2. The first kappa shape index (κ1) is 21.3. The van der Waals surface area contributed by atoms with Gasteiger partial charge in [-0.1, -0.05) is 30.3 Å². The first-order valence-electron chi connectivity index (χ1n) is 9.31. The summed E-state index contributed by atoms with van der Waals surface area (Å²) in [6, 6.07) is 16.0. The third-order valence-corrected chi connectivity index (χ3v) is 4.22. The largest absolute Gasteiger partial charge is 0.497 e. The monoisotopic (exact) mass is 384 g/mol. The standard InChI is InChI=1S/C22H28N2O4/c1-16(2)23-22(26)17(3)24(14-18-8-6-5-7-9-18)21(25)15-28-20-12-10-19(27-4)11-13-20/h5-13,16-17H,14-15H2,1-4H3,(H,23,26)/t17-/m1/s1. The fraction of sp³-hybridized carbons (Fsp3) is 0.364. The predicted molar refractivity (Wildman–Crippen MR) is 108 cm³/mol. The van der Waals surface area contributed by atoms with Crippen molar-refractivity contribution in [3.05, 3.63) is 60.2 Å². The Morgan fingerprint density at radius 3 is 2.14 bits per heavy atom. The van der Waals surface area contributed by atoms with Gasteiger partial charge in [0.15, 0.2) is 6.61 Å². The summed E-state index contributed by atoms with van der Waals surface area (Å²) >= 11 is 0. The van der Waals surface area contributed by atoms with Crippen LogP contribution < -0.4 is 14.8 Å². The van der Waals surface area contributed by atoms with E-state index >= 15 is 0 Å². The molecular formula is C22H28N2O4. The number of amides is 2. The smallest absolute Gasteiger partial charge is 0.261 e. The number of nitrogens with zero attached hydrogens (tertiary/aromatic N) is 1. The van der Waals surface area contributed by atoms with E-state index in [4.69, 9.17) is 9.47 Å². The SMILES string of the molecule is COc1ccc(OCC(=O)N(Cc2ccccc2)[C@H](C)C(=O)NC(C)C)cc1. The quantitative estimate of drug-likeness (QED) is 0.722. The Morgan fingerprint density at radius 2 is 1.57 bits per heavy atom. The average Bonchev–Trinajstić information content (AvgIpc) is 2.70. The second-order valence-corrected chi connectivity index (χ2v) is 6.81. The van der Waals surface area contributed by atoms with Gasteiger partial charge in [-0.2, -0.15) is 0 Å². The van der Waals surface area contributed by atoms with Crippen molar-refractivity contribution in [3.63, 3.8) is 0 Å². The van der Waals surface area contributed by atoms with Crippen LogP contribution in [0.5, 0.6) is 11.5 Å². The van der Waals surface area contributed by atoms with Gasteiger partial charge in [0.2, 0.25) is 5.91 Å². The molecule has 0 fully saturated rings. The van der Waals surface area contributed by atoms with Gasteiger partial charge >= 0.3 is 0 Å². The van der Waals surface area contributed by atoms with Gasteiger partial charge in [0.25, 0.3) is 5.91 Å². The zero-order valence-electron chi connectivity index (χ0n) is 16.8. The molecule has 2 rings (SSSR count). The van der Waals surface area contributed by atoms with Crippen molar-refractivity contribution >= 4 is 11.8 Å². The average molecular weight is 384 g/mol. The van der Waals surface area contributed by atoms with E-state index < -0.39 is 6.04 Å². The number of rotatable bonds is 9. The molecule has 2 aromatic rings. The molecule has 0 bridgehead atoms. The van der Waals surface area contributed by atoms with Gasteiger partial charge in [0.1, 0.15) is 17.5 Å². The molecule has 150 valence electrons. The molecule has 0 aromatic heterocycles. The van der Waals surface area contributed by atoms with Crippen LogP contribution in [-0.4, -0.2) is 42.5 Å². The van der Waals surface area contributed by atoms with Crippen LogP contribution in [-0.2, 0) is 16.1 Å². The topological polar surface area (TPSA) is 67.9 Å². The number of nitrogens with one attached hydrogen (secondary N) is 1. The van der Waals surface area contributed by atoms with E-state index in [0.717, 1.165) is 5.56 Å². The summed E-state index contributed by atoms with van der Waals surface area (Å²) in [7, 11) is 1.59. The van der Waals surface area contributed by atoms with Crippen molar-refractivity contribution < 1.29 is 19.1 Å². The molecule has 28 heavy (non-hydrogen) atoms. The molecule has 2 amide bonds. The van der Waals surface area contributed by atoms with Gasteiger partial charge in [-0.05, 0) is 50.6 Å². The fourth-order valence-electron chi connectivity index (χ4n) is 2.67. The highest BCUT2D eigenvalue weighted by Gasteiger charge is 2.26. The summed E-state index contributed by atoms with van der Waals surface area (Å²) in [5, 5.41) is 2.86. The zero-order chi connectivity index (χ0) is 20.5. The van der Waals surface area contributed by atoms with E-state index in [-0.39, 0.29) is 24.5 Å². The van der Waals surface area contributed by atoms with Crippen molar-refractivity contribution in [2.24, 2.45) is 0 Å². The summed E-state index contributed by atoms with van der Waals surface area (Å²) in [6.45, 7) is 5.68. The Hall–Kier alpha value is -3.02.